The lowest BCUT2D eigenvalue weighted by Gasteiger charge is -2.15. The number of benzene rings is 1. The van der Waals surface area contributed by atoms with Gasteiger partial charge in [-0.2, -0.15) is 0 Å². The Balaban J connectivity index is 2.13. The van der Waals surface area contributed by atoms with Crippen molar-refractivity contribution in [3.8, 4) is 11.5 Å². The van der Waals surface area contributed by atoms with Crippen LogP contribution in [0.15, 0.2) is 18.2 Å². The molecule has 1 amide bonds. The van der Waals surface area contributed by atoms with E-state index in [1.165, 1.54) is 0 Å². The first-order valence-electron chi connectivity index (χ1n) is 6.34. The normalized spacial score (nSPS) is 23.1. The second-order valence-corrected chi connectivity index (χ2v) is 6.45. The molecule has 1 aliphatic rings. The van der Waals surface area contributed by atoms with Crippen molar-refractivity contribution in [2.24, 2.45) is 5.41 Å². The molecule has 1 saturated carbocycles. The fraction of sp³-hybridized carbons (Fsp3) is 0.500. The van der Waals surface area contributed by atoms with Gasteiger partial charge in [0.15, 0.2) is 11.5 Å². The summed E-state index contributed by atoms with van der Waals surface area (Å²) < 4.78 is 9.67. The smallest absolute Gasteiger partial charge is 0.233 e. The molecular formula is C14H17Cl2NO3. The van der Waals surface area contributed by atoms with Gasteiger partial charge in [-0.05, 0) is 32.4 Å². The molecule has 2 rings (SSSR count). The summed E-state index contributed by atoms with van der Waals surface area (Å²) in [4.78, 5) is 12.2. The summed E-state index contributed by atoms with van der Waals surface area (Å²) >= 11 is 12.0. The third-order valence-electron chi connectivity index (χ3n) is 3.48. The Hall–Kier alpha value is -1.13. The van der Waals surface area contributed by atoms with Crippen LogP contribution in [0.25, 0.3) is 0 Å². The van der Waals surface area contributed by atoms with Crippen LogP contribution in [-0.4, -0.2) is 24.0 Å². The van der Waals surface area contributed by atoms with Gasteiger partial charge in [-0.25, -0.2) is 0 Å². The van der Waals surface area contributed by atoms with Crippen LogP contribution < -0.4 is 14.8 Å². The van der Waals surface area contributed by atoms with E-state index < -0.39 is 9.75 Å². The lowest BCUT2D eigenvalue weighted by atomic mass is 10.1. The summed E-state index contributed by atoms with van der Waals surface area (Å²) in [5.74, 6) is 0.997. The monoisotopic (exact) mass is 317 g/mol. The predicted octanol–water partition coefficient (Wildman–Crippen LogP) is 3.62. The Labute approximate surface area is 128 Å². The maximum atomic E-state index is 12.2. The van der Waals surface area contributed by atoms with E-state index in [-0.39, 0.29) is 5.91 Å². The third-order valence-corrected chi connectivity index (χ3v) is 4.58. The van der Waals surface area contributed by atoms with Gasteiger partial charge >= 0.3 is 0 Å². The first kappa shape index (κ1) is 15.3. The number of amides is 1. The minimum atomic E-state index is -0.980. The van der Waals surface area contributed by atoms with Gasteiger partial charge in [0, 0.05) is 11.8 Å². The van der Waals surface area contributed by atoms with E-state index in [0.29, 0.717) is 30.2 Å². The molecule has 0 bridgehead atoms. The van der Waals surface area contributed by atoms with Gasteiger partial charge in [-0.3, -0.25) is 4.79 Å². The molecule has 0 saturated heterocycles. The quantitative estimate of drug-likeness (QED) is 0.844. The summed E-state index contributed by atoms with van der Waals surface area (Å²) in [6.07, 6.45) is 0.448. The first-order chi connectivity index (χ1) is 9.34. The van der Waals surface area contributed by atoms with Crippen molar-refractivity contribution in [1.82, 2.24) is 0 Å². The van der Waals surface area contributed by atoms with E-state index in [0.717, 1.165) is 0 Å². The van der Waals surface area contributed by atoms with E-state index in [1.807, 2.05) is 6.92 Å². The first-order valence-corrected chi connectivity index (χ1v) is 7.10. The Morgan fingerprint density at radius 1 is 1.40 bits per heavy atom. The summed E-state index contributed by atoms with van der Waals surface area (Å²) in [7, 11) is 1.55. The molecule has 1 aliphatic carbocycles. The van der Waals surface area contributed by atoms with Crippen LogP contribution in [0, 0.1) is 5.41 Å². The maximum Gasteiger partial charge on any atom is 0.233 e. The van der Waals surface area contributed by atoms with Crippen molar-refractivity contribution >= 4 is 34.8 Å². The second kappa shape index (κ2) is 5.34. The predicted molar refractivity (Wildman–Crippen MR) is 80.0 cm³/mol. The van der Waals surface area contributed by atoms with Crippen molar-refractivity contribution in [1.29, 1.82) is 0 Å². The van der Waals surface area contributed by atoms with Gasteiger partial charge in [0.05, 0.1) is 19.1 Å². The number of nitrogens with one attached hydrogen (secondary N) is 1. The van der Waals surface area contributed by atoms with Crippen LogP contribution in [0.1, 0.15) is 20.3 Å². The van der Waals surface area contributed by atoms with Gasteiger partial charge < -0.3 is 14.8 Å². The number of alkyl halides is 2. The van der Waals surface area contributed by atoms with Crippen molar-refractivity contribution < 1.29 is 14.3 Å². The molecule has 20 heavy (non-hydrogen) atoms. The SMILES string of the molecule is CCOc1ccc(NC(=O)[C@@]2(C)CC2(Cl)Cl)cc1OC. The highest BCUT2D eigenvalue weighted by atomic mass is 35.5. The zero-order chi connectivity index (χ0) is 15.0. The van der Waals surface area contributed by atoms with E-state index in [1.54, 1.807) is 32.2 Å². The fourth-order valence-corrected chi connectivity index (χ4v) is 2.64. The van der Waals surface area contributed by atoms with Crippen LogP contribution in [-0.2, 0) is 4.79 Å². The topological polar surface area (TPSA) is 47.6 Å². The molecule has 4 nitrogen and oxygen atoms in total. The number of rotatable bonds is 5. The van der Waals surface area contributed by atoms with Crippen LogP contribution >= 0.6 is 23.2 Å². The maximum absolute atomic E-state index is 12.2. The zero-order valence-electron chi connectivity index (χ0n) is 11.6. The number of halogens is 2. The molecule has 6 heteroatoms. The molecule has 1 aromatic rings. The molecule has 1 N–H and O–H groups in total. The van der Waals surface area contributed by atoms with Crippen LogP contribution in [0.2, 0.25) is 0 Å². The Bertz CT molecular complexity index is 533. The standard InChI is InChI=1S/C14H17Cl2NO3/c1-4-20-10-6-5-9(7-11(10)19-3)17-12(18)13(2)8-14(13,15)16/h5-7H,4,8H2,1-3H3,(H,17,18)/t13-/m1/s1. The van der Waals surface area contributed by atoms with Gasteiger partial charge in [0.2, 0.25) is 5.91 Å². The van der Waals surface area contributed by atoms with Gasteiger partial charge in [-0.15, -0.1) is 23.2 Å². The highest BCUT2D eigenvalue weighted by Gasteiger charge is 2.67. The second-order valence-electron chi connectivity index (χ2n) is 4.97. The molecule has 1 atom stereocenters. The van der Waals surface area contributed by atoms with Gasteiger partial charge in [-0.1, -0.05) is 0 Å². The van der Waals surface area contributed by atoms with Crippen LogP contribution in [0.3, 0.4) is 0 Å². The van der Waals surface area contributed by atoms with Gasteiger partial charge in [0.1, 0.15) is 4.33 Å². The van der Waals surface area contributed by atoms with Crippen molar-refractivity contribution in [2.75, 3.05) is 19.0 Å². The van der Waals surface area contributed by atoms with E-state index >= 15 is 0 Å². The van der Waals surface area contributed by atoms with Crippen LogP contribution in [0.5, 0.6) is 11.5 Å². The summed E-state index contributed by atoms with van der Waals surface area (Å²) in [6.45, 7) is 4.18. The molecular weight excluding hydrogens is 301 g/mol. The summed E-state index contributed by atoms with van der Waals surface area (Å²) in [6, 6.07) is 5.21. The Morgan fingerprint density at radius 3 is 2.55 bits per heavy atom. The number of anilines is 1. The van der Waals surface area contributed by atoms with E-state index in [9.17, 15) is 4.79 Å². The summed E-state index contributed by atoms with van der Waals surface area (Å²) in [5.41, 5.74) is -0.130. The Morgan fingerprint density at radius 2 is 2.05 bits per heavy atom. The molecule has 0 heterocycles. The van der Waals surface area contributed by atoms with Crippen LogP contribution in [0.4, 0.5) is 5.69 Å². The molecule has 1 fully saturated rings. The minimum Gasteiger partial charge on any atom is -0.493 e. The van der Waals surface area contributed by atoms with E-state index in [4.69, 9.17) is 32.7 Å². The highest BCUT2D eigenvalue weighted by molar-refractivity contribution is 6.53. The summed E-state index contributed by atoms with van der Waals surface area (Å²) in [5, 5.41) is 2.80. The average Bonchev–Trinajstić information content (AvgIpc) is 2.92. The number of hydrogen-bond donors (Lipinski definition) is 1. The molecule has 0 radical (unpaired) electrons. The molecule has 110 valence electrons. The molecule has 0 spiro atoms. The minimum absolute atomic E-state index is 0.200. The number of methoxy groups -OCH3 is 1. The Kier molecular flexibility index (Phi) is 4.07. The van der Waals surface area contributed by atoms with E-state index in [2.05, 4.69) is 5.32 Å². The lowest BCUT2D eigenvalue weighted by Crippen LogP contribution is -2.25. The molecule has 0 aliphatic heterocycles. The number of carbonyl (C=O) groups is 1. The molecule has 0 unspecified atom stereocenters. The third kappa shape index (κ3) is 2.67. The molecule has 1 aromatic carbocycles. The number of hydrogen-bond acceptors (Lipinski definition) is 3. The van der Waals surface area contributed by atoms with Crippen molar-refractivity contribution in [3.05, 3.63) is 18.2 Å². The average molecular weight is 318 g/mol. The highest BCUT2D eigenvalue weighted by Crippen LogP contribution is 2.64. The fourth-order valence-electron chi connectivity index (χ4n) is 1.94. The number of ether oxygens (including phenoxy) is 2. The van der Waals surface area contributed by atoms with Crippen molar-refractivity contribution in [3.63, 3.8) is 0 Å². The lowest BCUT2D eigenvalue weighted by molar-refractivity contribution is -0.120. The molecule has 0 aromatic heterocycles. The van der Waals surface area contributed by atoms with Crippen molar-refractivity contribution in [2.45, 2.75) is 24.6 Å². The largest absolute Gasteiger partial charge is 0.493 e. The number of carbonyl (C=O) groups excluding carboxylic acids is 1. The zero-order valence-corrected chi connectivity index (χ0v) is 13.1. The van der Waals surface area contributed by atoms with Gasteiger partial charge in [0.25, 0.3) is 0 Å².